The minimum absolute atomic E-state index is 0.0417. The minimum Gasteiger partial charge on any atom is -0.493 e. The van der Waals surface area contributed by atoms with E-state index in [2.05, 4.69) is 22.8 Å². The summed E-state index contributed by atoms with van der Waals surface area (Å²) >= 11 is 0. The van der Waals surface area contributed by atoms with E-state index in [1.807, 2.05) is 24.0 Å². The molecule has 2 saturated heterocycles. The first-order chi connectivity index (χ1) is 17.5. The third-order valence-electron chi connectivity index (χ3n) is 7.54. The van der Waals surface area contributed by atoms with Crippen LogP contribution in [0.1, 0.15) is 58.0 Å². The van der Waals surface area contributed by atoms with E-state index in [4.69, 9.17) is 9.47 Å². The average molecular weight is 494 g/mol. The van der Waals surface area contributed by atoms with Gasteiger partial charge in [0.2, 0.25) is 0 Å². The van der Waals surface area contributed by atoms with Gasteiger partial charge in [-0.1, -0.05) is 24.3 Å². The number of hydrogen-bond donors (Lipinski definition) is 3. The van der Waals surface area contributed by atoms with Crippen molar-refractivity contribution in [3.8, 4) is 5.75 Å². The summed E-state index contributed by atoms with van der Waals surface area (Å²) in [5.41, 5.74) is 3.32. The molecule has 192 valence electrons. The molecule has 0 saturated carbocycles. The number of piperidine rings is 1. The summed E-state index contributed by atoms with van der Waals surface area (Å²) in [6.07, 6.45) is 2.98. The molecule has 3 N–H and O–H groups in total. The van der Waals surface area contributed by atoms with Gasteiger partial charge < -0.3 is 30.1 Å². The fourth-order valence-electron chi connectivity index (χ4n) is 5.62. The number of rotatable bonds is 7. The number of amides is 2. The van der Waals surface area contributed by atoms with Crippen molar-refractivity contribution in [3.05, 3.63) is 64.7 Å². The number of aliphatic hydroxyl groups excluding tert-OH is 1. The Kier molecular flexibility index (Phi) is 7.55. The number of carbonyl (C=O) groups is 2. The molecule has 2 bridgehead atoms. The number of hydrogen-bond acceptors (Lipinski definition) is 6. The molecular weight excluding hydrogens is 458 g/mol. The SMILES string of the molecule is CCOc1cc(C(=O)N2C3CCCC2COC3)ccc1C(=O)NCC(O)[C@@H]1Cc2ccccc2CN1. The number of aliphatic hydroxyl groups is 1. The van der Waals surface area contributed by atoms with Crippen LogP contribution in [0.5, 0.6) is 5.75 Å². The summed E-state index contributed by atoms with van der Waals surface area (Å²) in [6, 6.07) is 13.3. The Morgan fingerprint density at radius 1 is 1.17 bits per heavy atom. The van der Waals surface area contributed by atoms with Crippen LogP contribution in [0.2, 0.25) is 0 Å². The van der Waals surface area contributed by atoms with Crippen molar-refractivity contribution in [2.75, 3.05) is 26.4 Å². The first kappa shape index (κ1) is 24.7. The normalized spacial score (nSPS) is 23.9. The monoisotopic (exact) mass is 493 g/mol. The number of nitrogens with zero attached hydrogens (tertiary/aromatic N) is 1. The zero-order valence-electron chi connectivity index (χ0n) is 20.7. The van der Waals surface area contributed by atoms with Gasteiger partial charge in [-0.25, -0.2) is 0 Å². The Morgan fingerprint density at radius 3 is 2.67 bits per heavy atom. The second kappa shape index (κ2) is 11.0. The molecule has 0 radical (unpaired) electrons. The molecule has 8 heteroatoms. The highest BCUT2D eigenvalue weighted by atomic mass is 16.5. The van der Waals surface area contributed by atoms with E-state index in [0.29, 0.717) is 49.7 Å². The molecule has 3 aliphatic heterocycles. The maximum absolute atomic E-state index is 13.4. The van der Waals surface area contributed by atoms with Gasteiger partial charge in [0.1, 0.15) is 5.75 Å². The molecule has 8 nitrogen and oxygen atoms in total. The molecule has 3 aliphatic rings. The first-order valence-corrected chi connectivity index (χ1v) is 13.0. The molecule has 3 heterocycles. The molecule has 0 aliphatic carbocycles. The van der Waals surface area contributed by atoms with Gasteiger partial charge in [0, 0.05) is 24.7 Å². The highest BCUT2D eigenvalue weighted by Crippen LogP contribution is 2.30. The van der Waals surface area contributed by atoms with Gasteiger partial charge in [0.05, 0.1) is 43.6 Å². The van der Waals surface area contributed by atoms with Crippen molar-refractivity contribution >= 4 is 11.8 Å². The van der Waals surface area contributed by atoms with Gasteiger partial charge in [-0.15, -0.1) is 0 Å². The van der Waals surface area contributed by atoms with Crippen LogP contribution in [0.25, 0.3) is 0 Å². The standard InChI is InChI=1S/C28H35N3O5/c1-2-36-26-13-19(28(34)31-21-8-5-9-22(31)17-35-16-21)10-11-23(26)27(33)30-15-25(32)24-12-18-6-3-4-7-20(18)14-29-24/h3-4,6-7,10-11,13,21-22,24-25,29,32H,2,5,8-9,12,14-17H2,1H3,(H,30,33)/t21?,22?,24-,25?/m0/s1. The van der Waals surface area contributed by atoms with Gasteiger partial charge in [-0.2, -0.15) is 0 Å². The summed E-state index contributed by atoms with van der Waals surface area (Å²) in [5.74, 6) is -0.00517. The number of nitrogens with one attached hydrogen (secondary N) is 2. The molecule has 2 amide bonds. The lowest BCUT2D eigenvalue weighted by Crippen LogP contribution is -2.57. The highest BCUT2D eigenvalue weighted by Gasteiger charge is 2.38. The minimum atomic E-state index is -0.737. The average Bonchev–Trinajstić information content (AvgIpc) is 2.90. The zero-order chi connectivity index (χ0) is 25.1. The molecule has 0 spiro atoms. The van der Waals surface area contributed by atoms with E-state index in [1.165, 1.54) is 11.1 Å². The number of fused-ring (bicyclic) bond motifs is 3. The fraction of sp³-hybridized carbons (Fsp3) is 0.500. The summed E-state index contributed by atoms with van der Waals surface area (Å²) in [6.45, 7) is 4.17. The summed E-state index contributed by atoms with van der Waals surface area (Å²) < 4.78 is 11.4. The van der Waals surface area contributed by atoms with E-state index >= 15 is 0 Å². The molecule has 2 aromatic rings. The lowest BCUT2D eigenvalue weighted by Gasteiger charge is -2.45. The number of morpholine rings is 1. The van der Waals surface area contributed by atoms with Crippen molar-refractivity contribution in [2.45, 2.75) is 63.4 Å². The van der Waals surface area contributed by atoms with E-state index in [9.17, 15) is 14.7 Å². The van der Waals surface area contributed by atoms with Gasteiger partial charge in [-0.3, -0.25) is 9.59 Å². The van der Waals surface area contributed by atoms with Crippen molar-refractivity contribution in [2.24, 2.45) is 0 Å². The molecular formula is C28H35N3O5. The molecule has 5 rings (SSSR count). The second-order valence-corrected chi connectivity index (χ2v) is 9.87. The summed E-state index contributed by atoms with van der Waals surface area (Å²) in [4.78, 5) is 28.4. The first-order valence-electron chi connectivity index (χ1n) is 13.0. The van der Waals surface area contributed by atoms with Crippen LogP contribution >= 0.6 is 0 Å². The van der Waals surface area contributed by atoms with Crippen LogP contribution in [0.15, 0.2) is 42.5 Å². The van der Waals surface area contributed by atoms with E-state index in [1.54, 1.807) is 18.2 Å². The smallest absolute Gasteiger partial charge is 0.255 e. The maximum atomic E-state index is 13.4. The van der Waals surface area contributed by atoms with Crippen LogP contribution in [0, 0.1) is 0 Å². The predicted octanol–water partition coefficient (Wildman–Crippen LogP) is 2.28. The van der Waals surface area contributed by atoms with Crippen molar-refractivity contribution < 1.29 is 24.2 Å². The lowest BCUT2D eigenvalue weighted by atomic mass is 9.93. The number of carbonyl (C=O) groups excluding carboxylic acids is 2. The maximum Gasteiger partial charge on any atom is 0.255 e. The van der Waals surface area contributed by atoms with Gasteiger partial charge >= 0.3 is 0 Å². The van der Waals surface area contributed by atoms with E-state index < -0.39 is 6.10 Å². The number of benzene rings is 2. The van der Waals surface area contributed by atoms with Crippen LogP contribution in [-0.2, 0) is 17.7 Å². The van der Waals surface area contributed by atoms with Crippen molar-refractivity contribution in [1.29, 1.82) is 0 Å². The Balaban J connectivity index is 1.25. The van der Waals surface area contributed by atoms with Crippen molar-refractivity contribution in [3.63, 3.8) is 0 Å². The van der Waals surface area contributed by atoms with Gasteiger partial charge in [0.25, 0.3) is 11.8 Å². The van der Waals surface area contributed by atoms with E-state index in [-0.39, 0.29) is 36.5 Å². The Labute approximate surface area is 212 Å². The molecule has 2 aromatic carbocycles. The third-order valence-corrected chi connectivity index (χ3v) is 7.54. The Morgan fingerprint density at radius 2 is 1.92 bits per heavy atom. The van der Waals surface area contributed by atoms with Crippen LogP contribution < -0.4 is 15.4 Å². The molecule has 36 heavy (non-hydrogen) atoms. The van der Waals surface area contributed by atoms with Crippen LogP contribution in [0.3, 0.4) is 0 Å². The highest BCUT2D eigenvalue weighted by molar-refractivity contribution is 6.00. The lowest BCUT2D eigenvalue weighted by molar-refractivity contribution is -0.0566. The number of ether oxygens (including phenoxy) is 2. The topological polar surface area (TPSA) is 100 Å². The van der Waals surface area contributed by atoms with Gasteiger partial charge in [-0.05, 0) is 61.9 Å². The quantitative estimate of drug-likeness (QED) is 0.547. The van der Waals surface area contributed by atoms with E-state index in [0.717, 1.165) is 19.3 Å². The summed E-state index contributed by atoms with van der Waals surface area (Å²) in [7, 11) is 0. The molecule has 4 atom stereocenters. The largest absolute Gasteiger partial charge is 0.493 e. The van der Waals surface area contributed by atoms with Gasteiger partial charge in [0.15, 0.2) is 0 Å². The molecule has 3 unspecified atom stereocenters. The second-order valence-electron chi connectivity index (χ2n) is 9.87. The Bertz CT molecular complexity index is 1080. The van der Waals surface area contributed by atoms with Crippen LogP contribution in [-0.4, -0.2) is 72.4 Å². The zero-order valence-corrected chi connectivity index (χ0v) is 20.7. The Hall–Kier alpha value is -2.94. The summed E-state index contributed by atoms with van der Waals surface area (Å²) in [5, 5.41) is 16.9. The van der Waals surface area contributed by atoms with Crippen LogP contribution in [0.4, 0.5) is 0 Å². The predicted molar refractivity (Wildman–Crippen MR) is 135 cm³/mol. The van der Waals surface area contributed by atoms with Crippen molar-refractivity contribution in [1.82, 2.24) is 15.5 Å². The molecule has 0 aromatic heterocycles. The fourth-order valence-corrected chi connectivity index (χ4v) is 5.62. The molecule has 2 fully saturated rings. The third kappa shape index (κ3) is 5.12.